The molecule has 102 valence electrons. The number of piperazine rings is 1. The molecule has 0 radical (unpaired) electrons. The fraction of sp³-hybridized carbons (Fsp3) is 0.462. The zero-order valence-electron chi connectivity index (χ0n) is 10.5. The molecule has 1 aliphatic rings. The van der Waals surface area contributed by atoms with E-state index in [1.807, 2.05) is 6.07 Å². The zero-order chi connectivity index (χ0) is 14.0. The predicted octanol–water partition coefficient (Wildman–Crippen LogP) is 3.02. The second kappa shape index (κ2) is 6.21. The molecule has 1 fully saturated rings. The number of nitrogens with zero attached hydrogens (tertiary/aromatic N) is 2. The van der Waals surface area contributed by atoms with Crippen molar-refractivity contribution in [1.82, 2.24) is 5.32 Å². The third-order valence-electron chi connectivity index (χ3n) is 3.28. The van der Waals surface area contributed by atoms with E-state index in [0.717, 1.165) is 24.1 Å². The highest BCUT2D eigenvalue weighted by atomic mass is 79.9. The third-order valence-corrected chi connectivity index (χ3v) is 4.78. The molecule has 0 spiro atoms. The molecule has 2 rings (SSSR count). The number of halogens is 3. The third kappa shape index (κ3) is 2.93. The fourth-order valence-corrected chi connectivity index (χ4v) is 3.39. The summed E-state index contributed by atoms with van der Waals surface area (Å²) in [5.41, 5.74) is 0.864. The molecule has 0 aromatic heterocycles. The van der Waals surface area contributed by atoms with Gasteiger partial charge in [-0.15, -0.1) is 0 Å². The van der Waals surface area contributed by atoms with Crippen LogP contribution in [0, 0.1) is 17.1 Å². The van der Waals surface area contributed by atoms with Crippen molar-refractivity contribution in [3.63, 3.8) is 0 Å². The highest BCUT2D eigenvalue weighted by molar-refractivity contribution is 9.10. The van der Waals surface area contributed by atoms with E-state index in [-0.39, 0.29) is 11.6 Å². The van der Waals surface area contributed by atoms with Gasteiger partial charge in [-0.3, -0.25) is 0 Å². The van der Waals surface area contributed by atoms with Gasteiger partial charge in [0, 0.05) is 24.5 Å². The minimum Gasteiger partial charge on any atom is -0.364 e. The summed E-state index contributed by atoms with van der Waals surface area (Å²) < 4.78 is 14.4. The molecule has 6 heteroatoms. The quantitative estimate of drug-likeness (QED) is 0.789. The lowest BCUT2D eigenvalue weighted by Gasteiger charge is -2.40. The lowest BCUT2D eigenvalue weighted by molar-refractivity contribution is 0.428. The summed E-state index contributed by atoms with van der Waals surface area (Å²) in [5, 5.41) is 13.1. The summed E-state index contributed by atoms with van der Waals surface area (Å²) in [6.07, 6.45) is 0. The molecule has 3 nitrogen and oxygen atoms in total. The zero-order valence-corrected chi connectivity index (χ0v) is 13.6. The smallest absolute Gasteiger partial charge is 0.157 e. The summed E-state index contributed by atoms with van der Waals surface area (Å²) in [6, 6.07) is 5.81. The standard InChI is InChI=1S/C13H14Br2FN3/c1-8-7-19(10(4-14)6-18-8)11-3-2-9(5-17)13(16)12(11)15/h2-3,8,10,18H,4,6-7H2,1H3. The Morgan fingerprint density at radius 1 is 1.58 bits per heavy atom. The molecular formula is C13H14Br2FN3. The van der Waals surface area contributed by atoms with Crippen molar-refractivity contribution in [2.45, 2.75) is 19.0 Å². The Kier molecular flexibility index (Phi) is 4.82. The van der Waals surface area contributed by atoms with E-state index in [2.05, 4.69) is 49.0 Å². The van der Waals surface area contributed by atoms with Crippen molar-refractivity contribution >= 4 is 37.5 Å². The SMILES string of the molecule is CC1CN(c2ccc(C#N)c(F)c2Br)C(CBr)CN1. The van der Waals surface area contributed by atoms with Crippen molar-refractivity contribution in [2.24, 2.45) is 0 Å². The van der Waals surface area contributed by atoms with Crippen molar-refractivity contribution in [3.8, 4) is 6.07 Å². The van der Waals surface area contributed by atoms with Crippen molar-refractivity contribution < 1.29 is 4.39 Å². The van der Waals surface area contributed by atoms with Crippen LogP contribution in [0.2, 0.25) is 0 Å². The van der Waals surface area contributed by atoms with E-state index in [0.29, 0.717) is 10.5 Å². The van der Waals surface area contributed by atoms with Gasteiger partial charge < -0.3 is 10.2 Å². The van der Waals surface area contributed by atoms with Crippen molar-refractivity contribution in [1.29, 1.82) is 5.26 Å². The number of nitrogens with one attached hydrogen (secondary N) is 1. The van der Waals surface area contributed by atoms with E-state index in [1.165, 1.54) is 6.07 Å². The Labute approximate surface area is 129 Å². The molecule has 2 atom stereocenters. The Morgan fingerprint density at radius 3 is 2.95 bits per heavy atom. The average molecular weight is 391 g/mol. The molecule has 1 saturated heterocycles. The number of anilines is 1. The summed E-state index contributed by atoms with van der Waals surface area (Å²) in [7, 11) is 0. The van der Waals surface area contributed by atoms with Gasteiger partial charge in [0.25, 0.3) is 0 Å². The summed E-state index contributed by atoms with van der Waals surface area (Å²) >= 11 is 6.78. The molecule has 1 aromatic rings. The lowest BCUT2D eigenvalue weighted by Crippen LogP contribution is -2.56. The van der Waals surface area contributed by atoms with Crippen LogP contribution >= 0.6 is 31.9 Å². The van der Waals surface area contributed by atoms with Gasteiger partial charge in [-0.1, -0.05) is 15.9 Å². The Bertz CT molecular complexity index is 515. The molecule has 0 aliphatic carbocycles. The van der Waals surface area contributed by atoms with Crippen LogP contribution in [0.25, 0.3) is 0 Å². The highest BCUT2D eigenvalue weighted by Crippen LogP contribution is 2.33. The second-order valence-electron chi connectivity index (χ2n) is 4.64. The van der Waals surface area contributed by atoms with Crippen LogP contribution in [0.5, 0.6) is 0 Å². The topological polar surface area (TPSA) is 39.1 Å². The van der Waals surface area contributed by atoms with Crippen LogP contribution in [0.3, 0.4) is 0 Å². The first-order valence-corrected chi connectivity index (χ1v) is 7.94. The fourth-order valence-electron chi connectivity index (χ4n) is 2.24. The molecule has 1 aliphatic heterocycles. The van der Waals surface area contributed by atoms with Crippen LogP contribution in [0.4, 0.5) is 10.1 Å². The normalized spacial score (nSPS) is 23.2. The van der Waals surface area contributed by atoms with Crippen LogP contribution < -0.4 is 10.2 Å². The minimum atomic E-state index is -0.487. The number of alkyl halides is 1. The molecule has 0 bridgehead atoms. The highest BCUT2D eigenvalue weighted by Gasteiger charge is 2.27. The monoisotopic (exact) mass is 389 g/mol. The van der Waals surface area contributed by atoms with Gasteiger partial charge in [-0.2, -0.15) is 5.26 Å². The van der Waals surface area contributed by atoms with E-state index in [1.54, 1.807) is 6.07 Å². The number of benzene rings is 1. The molecule has 1 N–H and O–H groups in total. The minimum absolute atomic E-state index is 0.0641. The first-order valence-electron chi connectivity index (χ1n) is 6.02. The van der Waals surface area contributed by atoms with Gasteiger partial charge in [0.15, 0.2) is 5.82 Å². The predicted molar refractivity (Wildman–Crippen MR) is 81.2 cm³/mol. The molecular weight excluding hydrogens is 377 g/mol. The summed E-state index contributed by atoms with van der Waals surface area (Å²) in [6.45, 7) is 3.76. The number of nitriles is 1. The van der Waals surface area contributed by atoms with Gasteiger partial charge in [0.05, 0.1) is 21.8 Å². The lowest BCUT2D eigenvalue weighted by atomic mass is 10.1. The Morgan fingerprint density at radius 2 is 2.32 bits per heavy atom. The Hall–Kier alpha value is -0.640. The largest absolute Gasteiger partial charge is 0.364 e. The van der Waals surface area contributed by atoms with E-state index < -0.39 is 5.82 Å². The van der Waals surface area contributed by atoms with Crippen LogP contribution in [0.15, 0.2) is 16.6 Å². The maximum Gasteiger partial charge on any atom is 0.157 e. The molecule has 0 amide bonds. The van der Waals surface area contributed by atoms with E-state index in [9.17, 15) is 4.39 Å². The molecule has 19 heavy (non-hydrogen) atoms. The van der Waals surface area contributed by atoms with E-state index in [4.69, 9.17) is 5.26 Å². The molecule has 1 heterocycles. The number of hydrogen-bond donors (Lipinski definition) is 1. The molecule has 2 unspecified atom stereocenters. The van der Waals surface area contributed by atoms with Gasteiger partial charge in [0.2, 0.25) is 0 Å². The Balaban J connectivity index is 2.40. The molecule has 0 saturated carbocycles. The first kappa shape index (κ1) is 14.8. The number of rotatable bonds is 2. The maximum atomic E-state index is 14.0. The second-order valence-corrected chi connectivity index (χ2v) is 6.08. The van der Waals surface area contributed by atoms with Gasteiger partial charge >= 0.3 is 0 Å². The maximum absolute atomic E-state index is 14.0. The average Bonchev–Trinajstić information content (AvgIpc) is 2.42. The van der Waals surface area contributed by atoms with Gasteiger partial charge in [-0.25, -0.2) is 4.39 Å². The van der Waals surface area contributed by atoms with Crippen molar-refractivity contribution in [2.75, 3.05) is 23.3 Å². The first-order chi connectivity index (χ1) is 9.08. The number of hydrogen-bond acceptors (Lipinski definition) is 3. The van der Waals surface area contributed by atoms with Crippen LogP contribution in [0.1, 0.15) is 12.5 Å². The summed E-state index contributed by atoms with van der Waals surface area (Å²) in [4.78, 5) is 2.17. The van der Waals surface area contributed by atoms with Crippen molar-refractivity contribution in [3.05, 3.63) is 28.0 Å². The van der Waals surface area contributed by atoms with Crippen LogP contribution in [-0.4, -0.2) is 30.5 Å². The van der Waals surface area contributed by atoms with Gasteiger partial charge in [0.1, 0.15) is 6.07 Å². The van der Waals surface area contributed by atoms with Gasteiger partial charge in [-0.05, 0) is 35.0 Å². The van der Waals surface area contributed by atoms with E-state index >= 15 is 0 Å². The van der Waals surface area contributed by atoms with Crippen LogP contribution in [-0.2, 0) is 0 Å². The summed E-state index contributed by atoms with van der Waals surface area (Å²) in [5.74, 6) is -0.487. The molecule has 1 aromatic carbocycles.